The molecule has 0 spiro atoms. The van der Waals surface area contributed by atoms with E-state index in [1.54, 1.807) is 16.2 Å². The first-order valence-corrected chi connectivity index (χ1v) is 10.3. The third-order valence-corrected chi connectivity index (χ3v) is 6.37. The zero-order chi connectivity index (χ0) is 21.6. The molecule has 1 unspecified atom stereocenters. The highest BCUT2D eigenvalue weighted by atomic mass is 32.1. The second-order valence-electron chi connectivity index (χ2n) is 7.19. The first-order valence-electron chi connectivity index (χ1n) is 9.49. The number of fused-ring (bicyclic) bond motifs is 1. The Bertz CT molecular complexity index is 1360. The van der Waals surface area contributed by atoms with Gasteiger partial charge >= 0.3 is 5.97 Å². The van der Waals surface area contributed by atoms with Crippen molar-refractivity contribution < 1.29 is 9.53 Å². The Kier molecular flexibility index (Phi) is 5.03. The number of nitrogens with zero attached hydrogens (tertiary/aromatic N) is 4. The van der Waals surface area contributed by atoms with Crippen molar-refractivity contribution in [2.45, 2.75) is 26.8 Å². The van der Waals surface area contributed by atoms with Crippen LogP contribution in [0.25, 0.3) is 6.08 Å². The highest BCUT2D eigenvalue weighted by Crippen LogP contribution is 2.30. The standard InChI is InChI=1S/C22H22N4O3S/c1-12-16(14(3)25(4)24-12)11-17-20(27)26-19(15-9-7-6-8-10-15)18(21(28)29-5)13(2)23-22(26)30-17/h6-11,19H,1-5H3/b17-11+. The van der Waals surface area contributed by atoms with Crippen molar-refractivity contribution in [3.63, 3.8) is 0 Å². The van der Waals surface area contributed by atoms with E-state index in [-0.39, 0.29) is 5.56 Å². The molecule has 1 aliphatic heterocycles. The summed E-state index contributed by atoms with van der Waals surface area (Å²) in [6.07, 6.45) is 1.86. The highest BCUT2D eigenvalue weighted by molar-refractivity contribution is 7.07. The van der Waals surface area contributed by atoms with Gasteiger partial charge in [0.2, 0.25) is 0 Å². The molecule has 8 heteroatoms. The number of allylic oxidation sites excluding steroid dienone is 1. The lowest BCUT2D eigenvalue weighted by Gasteiger charge is -2.24. The van der Waals surface area contributed by atoms with Crippen molar-refractivity contribution in [2.75, 3.05) is 7.11 Å². The van der Waals surface area contributed by atoms with E-state index in [0.29, 0.717) is 20.6 Å². The number of hydrogen-bond donors (Lipinski definition) is 0. The van der Waals surface area contributed by atoms with Gasteiger partial charge in [0, 0.05) is 18.3 Å². The maximum absolute atomic E-state index is 13.5. The van der Waals surface area contributed by atoms with Gasteiger partial charge in [0.25, 0.3) is 5.56 Å². The molecule has 154 valence electrons. The third kappa shape index (κ3) is 3.13. The lowest BCUT2D eigenvalue weighted by molar-refractivity contribution is -0.136. The molecule has 0 N–H and O–H groups in total. The van der Waals surface area contributed by atoms with Crippen LogP contribution in [-0.4, -0.2) is 27.4 Å². The number of ether oxygens (including phenoxy) is 1. The number of thiazole rings is 1. The van der Waals surface area contributed by atoms with E-state index in [0.717, 1.165) is 22.5 Å². The average Bonchev–Trinajstić information content (AvgIpc) is 3.17. The zero-order valence-corrected chi connectivity index (χ0v) is 18.3. The van der Waals surface area contributed by atoms with Gasteiger partial charge in [-0.1, -0.05) is 41.7 Å². The van der Waals surface area contributed by atoms with Crippen LogP contribution in [0.3, 0.4) is 0 Å². The average molecular weight is 423 g/mol. The van der Waals surface area contributed by atoms with E-state index in [1.807, 2.05) is 57.3 Å². The van der Waals surface area contributed by atoms with Crippen LogP contribution in [0.1, 0.15) is 35.5 Å². The molecule has 30 heavy (non-hydrogen) atoms. The van der Waals surface area contributed by atoms with E-state index in [4.69, 9.17) is 4.74 Å². The number of carbonyl (C=O) groups excluding carboxylic acids is 1. The normalized spacial score (nSPS) is 16.4. The Labute approximate surface area is 177 Å². The fourth-order valence-corrected chi connectivity index (χ4v) is 4.80. The SMILES string of the molecule is COC(=O)C1=C(C)N=c2s/c(=C/c3c(C)nn(C)c3C)c(=O)n2C1c1ccccc1. The van der Waals surface area contributed by atoms with Crippen LogP contribution >= 0.6 is 11.3 Å². The van der Waals surface area contributed by atoms with Crippen molar-refractivity contribution in [1.29, 1.82) is 0 Å². The monoisotopic (exact) mass is 422 g/mol. The summed E-state index contributed by atoms with van der Waals surface area (Å²) in [5.74, 6) is -0.488. The maximum atomic E-state index is 13.5. The summed E-state index contributed by atoms with van der Waals surface area (Å²) in [7, 11) is 3.21. The van der Waals surface area contributed by atoms with Crippen molar-refractivity contribution in [1.82, 2.24) is 14.3 Å². The van der Waals surface area contributed by atoms with Gasteiger partial charge in [0.05, 0.1) is 34.6 Å². The van der Waals surface area contributed by atoms with Crippen molar-refractivity contribution in [3.8, 4) is 0 Å². The Morgan fingerprint density at radius 2 is 1.90 bits per heavy atom. The third-order valence-electron chi connectivity index (χ3n) is 5.38. The molecule has 0 fully saturated rings. The smallest absolute Gasteiger partial charge is 0.338 e. The molecule has 4 rings (SSSR count). The Hall–Kier alpha value is -3.26. The Balaban J connectivity index is 2.01. The number of methoxy groups -OCH3 is 1. The molecule has 0 saturated heterocycles. The number of esters is 1. The van der Waals surface area contributed by atoms with E-state index < -0.39 is 12.0 Å². The molecule has 1 aliphatic rings. The molecule has 0 saturated carbocycles. The molecule has 1 aromatic carbocycles. The van der Waals surface area contributed by atoms with Crippen molar-refractivity contribution in [3.05, 3.63) is 83.8 Å². The van der Waals surface area contributed by atoms with Crippen molar-refractivity contribution in [2.24, 2.45) is 12.0 Å². The van der Waals surface area contributed by atoms with Crippen LogP contribution in [0.5, 0.6) is 0 Å². The summed E-state index contributed by atoms with van der Waals surface area (Å²) < 4.78 is 8.95. The highest BCUT2D eigenvalue weighted by Gasteiger charge is 2.32. The predicted molar refractivity (Wildman–Crippen MR) is 115 cm³/mol. The summed E-state index contributed by atoms with van der Waals surface area (Å²) in [4.78, 5) is 31.2. The van der Waals surface area contributed by atoms with Gasteiger partial charge in [0.1, 0.15) is 0 Å². The maximum Gasteiger partial charge on any atom is 0.338 e. The number of aromatic nitrogens is 3. The lowest BCUT2D eigenvalue weighted by atomic mass is 9.96. The van der Waals surface area contributed by atoms with Gasteiger partial charge < -0.3 is 4.74 Å². The second-order valence-corrected chi connectivity index (χ2v) is 8.20. The molecular formula is C22H22N4O3S. The number of benzene rings is 1. The summed E-state index contributed by atoms with van der Waals surface area (Å²) in [5.41, 5.74) is 4.31. The summed E-state index contributed by atoms with van der Waals surface area (Å²) in [5, 5.41) is 4.43. The molecule has 0 radical (unpaired) electrons. The van der Waals surface area contributed by atoms with Gasteiger partial charge in [-0.15, -0.1) is 0 Å². The minimum atomic E-state index is -0.590. The van der Waals surface area contributed by atoms with Gasteiger partial charge in [-0.25, -0.2) is 9.79 Å². The molecule has 0 aliphatic carbocycles. The first-order chi connectivity index (χ1) is 14.3. The number of hydrogen-bond acceptors (Lipinski definition) is 6. The molecule has 2 aromatic heterocycles. The van der Waals surface area contributed by atoms with E-state index in [9.17, 15) is 9.59 Å². The molecule has 1 atom stereocenters. The van der Waals surface area contributed by atoms with Gasteiger partial charge in [0.15, 0.2) is 4.80 Å². The molecule has 3 heterocycles. The molecule has 7 nitrogen and oxygen atoms in total. The summed E-state index contributed by atoms with van der Waals surface area (Å²) >= 11 is 1.31. The van der Waals surface area contributed by atoms with Crippen LogP contribution in [0.4, 0.5) is 0 Å². The van der Waals surface area contributed by atoms with Gasteiger partial charge in [-0.2, -0.15) is 5.10 Å². The summed E-state index contributed by atoms with van der Waals surface area (Å²) in [6, 6.07) is 8.89. The van der Waals surface area contributed by atoms with E-state index >= 15 is 0 Å². The molecule has 0 amide bonds. The largest absolute Gasteiger partial charge is 0.466 e. The number of carbonyl (C=O) groups is 1. The van der Waals surface area contributed by atoms with E-state index in [2.05, 4.69) is 10.1 Å². The van der Waals surface area contributed by atoms with Crippen LogP contribution in [-0.2, 0) is 16.6 Å². The molecular weight excluding hydrogens is 400 g/mol. The van der Waals surface area contributed by atoms with Crippen LogP contribution in [0, 0.1) is 13.8 Å². The minimum absolute atomic E-state index is 0.191. The fraction of sp³-hybridized carbons (Fsp3) is 0.273. The summed E-state index contributed by atoms with van der Waals surface area (Å²) in [6.45, 7) is 5.66. The number of aryl methyl sites for hydroxylation is 2. The number of rotatable bonds is 3. The Morgan fingerprint density at radius 1 is 1.20 bits per heavy atom. The second kappa shape index (κ2) is 7.53. The topological polar surface area (TPSA) is 78.5 Å². The zero-order valence-electron chi connectivity index (χ0n) is 17.5. The minimum Gasteiger partial charge on any atom is -0.466 e. The predicted octanol–water partition coefficient (Wildman–Crippen LogP) is 1.76. The molecule has 3 aromatic rings. The van der Waals surface area contributed by atoms with E-state index in [1.165, 1.54) is 18.4 Å². The van der Waals surface area contributed by atoms with Crippen LogP contribution in [0.2, 0.25) is 0 Å². The van der Waals surface area contributed by atoms with Gasteiger partial charge in [-0.3, -0.25) is 14.0 Å². The first kappa shape index (κ1) is 20.0. The van der Waals surface area contributed by atoms with Crippen LogP contribution < -0.4 is 14.9 Å². The quantitative estimate of drug-likeness (QED) is 0.603. The van der Waals surface area contributed by atoms with Crippen LogP contribution in [0.15, 0.2) is 51.4 Å². The Morgan fingerprint density at radius 3 is 2.50 bits per heavy atom. The fourth-order valence-electron chi connectivity index (χ4n) is 3.77. The van der Waals surface area contributed by atoms with Gasteiger partial charge in [-0.05, 0) is 32.4 Å². The molecule has 0 bridgehead atoms. The lowest BCUT2D eigenvalue weighted by Crippen LogP contribution is -2.39. The van der Waals surface area contributed by atoms with Crippen molar-refractivity contribution >= 4 is 23.4 Å².